The Bertz CT molecular complexity index is 522. The van der Waals surface area contributed by atoms with E-state index >= 15 is 0 Å². The van der Waals surface area contributed by atoms with Crippen LogP contribution in [0.25, 0.3) is 0 Å². The van der Waals surface area contributed by atoms with Crippen molar-refractivity contribution in [3.63, 3.8) is 0 Å². The number of hydrogen-bond acceptors (Lipinski definition) is 3. The molecule has 4 heteroatoms. The lowest BCUT2D eigenvalue weighted by Crippen LogP contribution is -2.31. The number of nitrogens with one attached hydrogen (secondary N) is 1. The van der Waals surface area contributed by atoms with Crippen molar-refractivity contribution in [2.24, 2.45) is 5.41 Å². The average Bonchev–Trinajstić information content (AvgIpc) is 2.29. The van der Waals surface area contributed by atoms with Crippen LogP contribution in [-0.2, 0) is 9.59 Å². The molecular weight excluding hydrogens is 262 g/mol. The van der Waals surface area contributed by atoms with Crippen LogP contribution in [0.15, 0.2) is 36.0 Å². The highest BCUT2D eigenvalue weighted by Gasteiger charge is 2.35. The number of halogens is 1. The SMILES string of the molecule is CC1(C)CC(=O)C(=CNc2ccc(Cl)cc2)C(=O)C1. The van der Waals surface area contributed by atoms with Crippen molar-refractivity contribution in [3.8, 4) is 0 Å². The molecule has 1 aromatic carbocycles. The molecule has 0 unspecified atom stereocenters. The second kappa shape index (κ2) is 5.17. The van der Waals surface area contributed by atoms with Gasteiger partial charge >= 0.3 is 0 Å². The van der Waals surface area contributed by atoms with Gasteiger partial charge in [-0.3, -0.25) is 9.59 Å². The molecule has 0 atom stereocenters. The van der Waals surface area contributed by atoms with Crippen molar-refractivity contribution in [2.75, 3.05) is 5.32 Å². The van der Waals surface area contributed by atoms with E-state index < -0.39 is 0 Å². The van der Waals surface area contributed by atoms with Gasteiger partial charge in [0, 0.05) is 29.8 Å². The van der Waals surface area contributed by atoms with Gasteiger partial charge in [0.25, 0.3) is 0 Å². The van der Waals surface area contributed by atoms with E-state index in [0.717, 1.165) is 5.69 Å². The van der Waals surface area contributed by atoms with E-state index in [0.29, 0.717) is 17.9 Å². The van der Waals surface area contributed by atoms with Crippen molar-refractivity contribution in [1.29, 1.82) is 0 Å². The average molecular weight is 278 g/mol. The van der Waals surface area contributed by atoms with Crippen molar-refractivity contribution in [1.82, 2.24) is 0 Å². The summed E-state index contributed by atoms with van der Waals surface area (Å²) in [6.07, 6.45) is 2.32. The van der Waals surface area contributed by atoms with Crippen LogP contribution in [0.2, 0.25) is 5.02 Å². The zero-order valence-electron chi connectivity index (χ0n) is 11.0. The number of Topliss-reactive ketones (excluding diaryl/α,β-unsaturated/α-hetero) is 2. The Morgan fingerprint density at radius 3 is 2.16 bits per heavy atom. The molecule has 1 fully saturated rings. The van der Waals surface area contributed by atoms with Gasteiger partial charge in [0.15, 0.2) is 11.6 Å². The van der Waals surface area contributed by atoms with Gasteiger partial charge in [-0.15, -0.1) is 0 Å². The molecule has 1 aliphatic carbocycles. The molecule has 1 aliphatic rings. The minimum atomic E-state index is -0.230. The Labute approximate surface area is 117 Å². The highest BCUT2D eigenvalue weighted by Crippen LogP contribution is 2.33. The lowest BCUT2D eigenvalue weighted by Gasteiger charge is -2.28. The minimum Gasteiger partial charge on any atom is -0.361 e. The first-order chi connectivity index (χ1) is 8.87. The van der Waals surface area contributed by atoms with Crippen LogP contribution < -0.4 is 5.32 Å². The Morgan fingerprint density at radius 1 is 1.11 bits per heavy atom. The molecule has 1 saturated carbocycles. The second-order valence-electron chi connectivity index (χ2n) is 5.57. The van der Waals surface area contributed by atoms with Crippen LogP contribution in [0.1, 0.15) is 26.7 Å². The summed E-state index contributed by atoms with van der Waals surface area (Å²) in [7, 11) is 0. The molecule has 0 bridgehead atoms. The van der Waals surface area contributed by atoms with Crippen LogP contribution in [0.5, 0.6) is 0 Å². The molecule has 19 heavy (non-hydrogen) atoms. The Kier molecular flexibility index (Phi) is 3.76. The summed E-state index contributed by atoms with van der Waals surface area (Å²) in [5, 5.41) is 3.61. The van der Waals surface area contributed by atoms with Crippen molar-refractivity contribution in [2.45, 2.75) is 26.7 Å². The fourth-order valence-corrected chi connectivity index (χ4v) is 2.27. The molecule has 0 radical (unpaired) electrons. The number of carbonyl (C=O) groups excluding carboxylic acids is 2. The number of ketones is 2. The van der Waals surface area contributed by atoms with Crippen LogP contribution in [-0.4, -0.2) is 11.6 Å². The molecule has 1 N–H and O–H groups in total. The van der Waals surface area contributed by atoms with E-state index in [9.17, 15) is 9.59 Å². The molecule has 2 rings (SSSR count). The first-order valence-electron chi connectivity index (χ1n) is 6.16. The zero-order valence-corrected chi connectivity index (χ0v) is 11.8. The quantitative estimate of drug-likeness (QED) is 0.664. The summed E-state index contributed by atoms with van der Waals surface area (Å²) >= 11 is 5.79. The first kappa shape index (κ1) is 13.8. The number of allylic oxidation sites excluding steroid dienone is 1. The fraction of sp³-hybridized carbons (Fsp3) is 0.333. The van der Waals surface area contributed by atoms with Crippen molar-refractivity contribution < 1.29 is 9.59 Å². The van der Waals surface area contributed by atoms with Crippen LogP contribution in [0.3, 0.4) is 0 Å². The second-order valence-corrected chi connectivity index (χ2v) is 6.01. The number of rotatable bonds is 2. The summed E-state index contributed by atoms with van der Waals surface area (Å²) in [4.78, 5) is 23.9. The van der Waals surface area contributed by atoms with E-state index in [1.165, 1.54) is 6.20 Å². The van der Waals surface area contributed by atoms with Crippen LogP contribution in [0.4, 0.5) is 5.69 Å². The highest BCUT2D eigenvalue weighted by molar-refractivity contribution is 6.30. The van der Waals surface area contributed by atoms with Crippen molar-refractivity contribution >= 4 is 28.9 Å². The number of hydrogen-bond donors (Lipinski definition) is 1. The Hall–Kier alpha value is -1.61. The minimum absolute atomic E-state index is 0.0947. The summed E-state index contributed by atoms with van der Waals surface area (Å²) in [5.74, 6) is -0.189. The fourth-order valence-electron chi connectivity index (χ4n) is 2.14. The standard InChI is InChI=1S/C15H16ClNO2/c1-15(2)7-13(18)12(14(19)8-15)9-17-11-5-3-10(16)4-6-11/h3-6,9,17H,7-8H2,1-2H3. The molecule has 0 amide bonds. The van der Waals surface area contributed by atoms with Gasteiger partial charge in [0.05, 0.1) is 5.57 Å². The summed E-state index contributed by atoms with van der Waals surface area (Å²) in [6, 6.07) is 7.08. The smallest absolute Gasteiger partial charge is 0.168 e. The van der Waals surface area contributed by atoms with E-state index in [-0.39, 0.29) is 22.6 Å². The number of benzene rings is 1. The topological polar surface area (TPSA) is 46.2 Å². The lowest BCUT2D eigenvalue weighted by molar-refractivity contribution is -0.127. The van der Waals surface area contributed by atoms with E-state index in [1.54, 1.807) is 24.3 Å². The van der Waals surface area contributed by atoms with Crippen molar-refractivity contribution in [3.05, 3.63) is 41.1 Å². The van der Waals surface area contributed by atoms with Crippen LogP contribution >= 0.6 is 11.6 Å². The van der Waals surface area contributed by atoms with Crippen LogP contribution in [0, 0.1) is 5.41 Å². The zero-order chi connectivity index (χ0) is 14.0. The molecule has 3 nitrogen and oxygen atoms in total. The predicted molar refractivity (Wildman–Crippen MR) is 76.2 cm³/mol. The molecular formula is C15H16ClNO2. The third-order valence-electron chi connectivity index (χ3n) is 3.11. The highest BCUT2D eigenvalue weighted by atomic mass is 35.5. The van der Waals surface area contributed by atoms with E-state index in [2.05, 4.69) is 5.32 Å². The maximum absolute atomic E-state index is 11.9. The maximum Gasteiger partial charge on any atom is 0.168 e. The van der Waals surface area contributed by atoms with Gasteiger partial charge in [-0.05, 0) is 29.7 Å². The molecule has 0 aliphatic heterocycles. The molecule has 0 aromatic heterocycles. The number of carbonyl (C=O) groups is 2. The Morgan fingerprint density at radius 2 is 1.63 bits per heavy atom. The molecule has 0 spiro atoms. The molecule has 100 valence electrons. The van der Waals surface area contributed by atoms with Gasteiger partial charge < -0.3 is 5.32 Å². The Balaban J connectivity index is 2.13. The lowest BCUT2D eigenvalue weighted by atomic mass is 9.74. The summed E-state index contributed by atoms with van der Waals surface area (Å²) < 4.78 is 0. The first-order valence-corrected chi connectivity index (χ1v) is 6.54. The third-order valence-corrected chi connectivity index (χ3v) is 3.36. The predicted octanol–water partition coefficient (Wildman–Crippen LogP) is 3.59. The van der Waals surface area contributed by atoms with Gasteiger partial charge in [-0.25, -0.2) is 0 Å². The van der Waals surface area contributed by atoms with Gasteiger partial charge in [0.1, 0.15) is 0 Å². The van der Waals surface area contributed by atoms with Gasteiger partial charge in [-0.1, -0.05) is 25.4 Å². The normalized spacial score (nSPS) is 18.4. The maximum atomic E-state index is 11.9. The monoisotopic (exact) mass is 277 g/mol. The van der Waals surface area contributed by atoms with E-state index in [4.69, 9.17) is 11.6 Å². The summed E-state index contributed by atoms with van der Waals surface area (Å²) in [5.41, 5.74) is 0.822. The third kappa shape index (κ3) is 3.44. The largest absolute Gasteiger partial charge is 0.361 e. The van der Waals surface area contributed by atoms with E-state index in [1.807, 2.05) is 13.8 Å². The molecule has 1 aromatic rings. The van der Waals surface area contributed by atoms with Gasteiger partial charge in [-0.2, -0.15) is 0 Å². The van der Waals surface area contributed by atoms with Gasteiger partial charge in [0.2, 0.25) is 0 Å². The summed E-state index contributed by atoms with van der Waals surface area (Å²) in [6.45, 7) is 3.87. The number of anilines is 1. The molecule has 0 heterocycles. The molecule has 0 saturated heterocycles.